The molecule has 0 saturated carbocycles. The Kier molecular flexibility index (Phi) is 5.93. The first kappa shape index (κ1) is 19.4. The van der Waals surface area contributed by atoms with Gasteiger partial charge in [0, 0.05) is 25.7 Å². The lowest BCUT2D eigenvalue weighted by Gasteiger charge is -2.08. The third-order valence-corrected chi connectivity index (χ3v) is 4.56. The minimum absolute atomic E-state index is 0.0101. The molecule has 3 aromatic rings. The first-order chi connectivity index (χ1) is 13.5. The highest BCUT2D eigenvalue weighted by atomic mass is 16.2. The number of carbonyl (C=O) groups is 2. The topological polar surface area (TPSA) is 85.1 Å². The fourth-order valence-corrected chi connectivity index (χ4v) is 3.07. The fourth-order valence-electron chi connectivity index (χ4n) is 3.07. The number of hydrogen-bond acceptors (Lipinski definition) is 3. The van der Waals surface area contributed by atoms with Gasteiger partial charge in [-0.15, -0.1) is 0 Å². The molecule has 0 fully saturated rings. The summed E-state index contributed by atoms with van der Waals surface area (Å²) in [6, 6.07) is 14.7. The molecule has 0 bridgehead atoms. The summed E-state index contributed by atoms with van der Waals surface area (Å²) in [5, 5.41) is 5.66. The quantitative estimate of drug-likeness (QED) is 0.660. The summed E-state index contributed by atoms with van der Waals surface area (Å²) in [5.41, 5.74) is 2.95. The molecular weight excluding hydrogens is 356 g/mol. The van der Waals surface area contributed by atoms with Crippen molar-refractivity contribution in [3.8, 4) is 0 Å². The molecule has 7 heteroatoms. The number of fused-ring (bicyclic) bond motifs is 1. The summed E-state index contributed by atoms with van der Waals surface area (Å²) in [4.78, 5) is 36.3. The van der Waals surface area contributed by atoms with E-state index in [2.05, 4.69) is 10.6 Å². The van der Waals surface area contributed by atoms with Crippen LogP contribution < -0.4 is 16.3 Å². The van der Waals surface area contributed by atoms with Crippen LogP contribution in [0.25, 0.3) is 11.0 Å². The van der Waals surface area contributed by atoms with E-state index in [1.54, 1.807) is 7.05 Å². The number of anilines is 1. The van der Waals surface area contributed by atoms with Gasteiger partial charge in [-0.05, 0) is 36.2 Å². The predicted molar refractivity (Wildman–Crippen MR) is 109 cm³/mol. The Morgan fingerprint density at radius 3 is 2.32 bits per heavy atom. The van der Waals surface area contributed by atoms with Gasteiger partial charge in [-0.3, -0.25) is 18.7 Å². The Hall–Kier alpha value is -3.35. The van der Waals surface area contributed by atoms with E-state index in [0.717, 1.165) is 28.7 Å². The second-order valence-corrected chi connectivity index (χ2v) is 6.69. The van der Waals surface area contributed by atoms with Gasteiger partial charge in [0.25, 0.3) is 0 Å². The van der Waals surface area contributed by atoms with Crippen LogP contribution >= 0.6 is 0 Å². The highest BCUT2D eigenvalue weighted by Gasteiger charge is 2.13. The number of imidazole rings is 1. The number of para-hydroxylation sites is 2. The van der Waals surface area contributed by atoms with Crippen molar-refractivity contribution in [2.24, 2.45) is 7.05 Å². The lowest BCUT2D eigenvalue weighted by atomic mass is 10.2. The van der Waals surface area contributed by atoms with Crippen molar-refractivity contribution in [1.82, 2.24) is 14.5 Å². The molecule has 2 N–H and O–H groups in total. The summed E-state index contributed by atoms with van der Waals surface area (Å²) in [7, 11) is 1.69. The molecule has 2 aromatic carbocycles. The Morgan fingerprint density at radius 2 is 1.64 bits per heavy atom. The van der Waals surface area contributed by atoms with Crippen molar-refractivity contribution in [1.29, 1.82) is 0 Å². The fraction of sp³-hybridized carbons (Fsp3) is 0.286. The first-order valence-electron chi connectivity index (χ1n) is 9.29. The molecule has 0 atom stereocenters. The van der Waals surface area contributed by atoms with Crippen molar-refractivity contribution < 1.29 is 9.59 Å². The number of benzene rings is 2. The third kappa shape index (κ3) is 4.31. The van der Waals surface area contributed by atoms with Crippen LogP contribution in [0.1, 0.15) is 25.3 Å². The van der Waals surface area contributed by atoms with Gasteiger partial charge >= 0.3 is 5.69 Å². The van der Waals surface area contributed by atoms with Crippen LogP contribution in [0.15, 0.2) is 53.3 Å². The Balaban J connectivity index is 1.60. The summed E-state index contributed by atoms with van der Waals surface area (Å²) >= 11 is 0. The van der Waals surface area contributed by atoms with Crippen LogP contribution in [-0.2, 0) is 29.7 Å². The van der Waals surface area contributed by atoms with Gasteiger partial charge in [-0.1, -0.05) is 31.2 Å². The molecule has 0 radical (unpaired) electrons. The molecule has 146 valence electrons. The molecular formula is C21H24N4O3. The largest absolute Gasteiger partial charge is 0.350 e. The average Bonchev–Trinajstić information content (AvgIpc) is 2.93. The number of rotatable bonds is 7. The van der Waals surface area contributed by atoms with Gasteiger partial charge in [-0.25, -0.2) is 4.79 Å². The summed E-state index contributed by atoms with van der Waals surface area (Å²) in [6.07, 6.45) is 1.29. The number of amides is 2. The van der Waals surface area contributed by atoms with E-state index in [1.165, 1.54) is 9.13 Å². The molecule has 0 aliphatic rings. The lowest BCUT2D eigenvalue weighted by molar-refractivity contribution is -0.121. The molecule has 2 amide bonds. The molecule has 0 aliphatic heterocycles. The monoisotopic (exact) mass is 380 g/mol. The van der Waals surface area contributed by atoms with E-state index in [9.17, 15) is 14.4 Å². The number of carbonyl (C=O) groups excluding carboxylic acids is 2. The Morgan fingerprint density at radius 1 is 0.964 bits per heavy atom. The average molecular weight is 380 g/mol. The molecule has 0 aliphatic carbocycles. The number of nitrogens with zero attached hydrogens (tertiary/aromatic N) is 2. The van der Waals surface area contributed by atoms with Gasteiger partial charge in [0.2, 0.25) is 11.8 Å². The SMILES string of the molecule is CCCC(=O)Nc1ccc(CNC(=O)Cn2c(=O)n(C)c3ccccc32)cc1. The van der Waals surface area contributed by atoms with E-state index in [1.807, 2.05) is 55.5 Å². The lowest BCUT2D eigenvalue weighted by Crippen LogP contribution is -2.32. The van der Waals surface area contributed by atoms with E-state index in [0.29, 0.717) is 13.0 Å². The normalized spacial score (nSPS) is 10.8. The van der Waals surface area contributed by atoms with E-state index >= 15 is 0 Å². The van der Waals surface area contributed by atoms with E-state index in [4.69, 9.17) is 0 Å². The van der Waals surface area contributed by atoms with Crippen LogP contribution in [0.3, 0.4) is 0 Å². The van der Waals surface area contributed by atoms with Crippen LogP contribution in [0, 0.1) is 0 Å². The summed E-state index contributed by atoms with van der Waals surface area (Å²) in [6.45, 7) is 2.27. The van der Waals surface area contributed by atoms with Crippen LogP contribution in [0.5, 0.6) is 0 Å². The molecule has 1 heterocycles. The van der Waals surface area contributed by atoms with Gasteiger partial charge in [0.15, 0.2) is 0 Å². The predicted octanol–water partition coefficient (Wildman–Crippen LogP) is 2.40. The van der Waals surface area contributed by atoms with Crippen molar-refractivity contribution in [3.05, 3.63) is 64.6 Å². The third-order valence-electron chi connectivity index (χ3n) is 4.56. The second-order valence-electron chi connectivity index (χ2n) is 6.69. The number of nitrogens with one attached hydrogen (secondary N) is 2. The Labute approximate surface area is 163 Å². The molecule has 7 nitrogen and oxygen atoms in total. The van der Waals surface area contributed by atoms with E-state index < -0.39 is 0 Å². The molecule has 3 rings (SSSR count). The maximum Gasteiger partial charge on any atom is 0.329 e. The van der Waals surface area contributed by atoms with Crippen LogP contribution in [0.2, 0.25) is 0 Å². The van der Waals surface area contributed by atoms with Gasteiger partial charge in [-0.2, -0.15) is 0 Å². The second kappa shape index (κ2) is 8.56. The van der Waals surface area contributed by atoms with Crippen molar-refractivity contribution in [2.45, 2.75) is 32.9 Å². The maximum absolute atomic E-state index is 12.4. The van der Waals surface area contributed by atoms with Crippen LogP contribution in [0.4, 0.5) is 5.69 Å². The number of aryl methyl sites for hydroxylation is 1. The highest BCUT2D eigenvalue weighted by molar-refractivity contribution is 5.90. The first-order valence-corrected chi connectivity index (χ1v) is 9.29. The van der Waals surface area contributed by atoms with Crippen molar-refractivity contribution >= 4 is 28.5 Å². The van der Waals surface area contributed by atoms with Crippen LogP contribution in [-0.4, -0.2) is 20.9 Å². The highest BCUT2D eigenvalue weighted by Crippen LogP contribution is 2.12. The zero-order valence-electron chi connectivity index (χ0n) is 16.1. The van der Waals surface area contributed by atoms with Gasteiger partial charge in [0.05, 0.1) is 11.0 Å². The number of hydrogen-bond donors (Lipinski definition) is 2. The molecule has 1 aromatic heterocycles. The van der Waals surface area contributed by atoms with Gasteiger partial charge in [0.1, 0.15) is 6.54 Å². The minimum Gasteiger partial charge on any atom is -0.350 e. The molecule has 28 heavy (non-hydrogen) atoms. The zero-order valence-corrected chi connectivity index (χ0v) is 16.1. The molecule has 0 saturated heterocycles. The zero-order chi connectivity index (χ0) is 20.1. The summed E-state index contributed by atoms with van der Waals surface area (Å²) < 4.78 is 3.01. The molecule has 0 spiro atoms. The number of aromatic nitrogens is 2. The van der Waals surface area contributed by atoms with Gasteiger partial charge < -0.3 is 10.6 Å². The smallest absolute Gasteiger partial charge is 0.329 e. The van der Waals surface area contributed by atoms with Crippen molar-refractivity contribution in [2.75, 3.05) is 5.32 Å². The maximum atomic E-state index is 12.4. The molecule has 0 unspecified atom stereocenters. The standard InChI is InChI=1S/C21H24N4O3/c1-3-6-19(26)23-16-11-9-15(10-12-16)13-22-20(27)14-25-18-8-5-4-7-17(18)24(2)21(25)28/h4-5,7-12H,3,6,13-14H2,1-2H3,(H,22,27)(H,23,26). The minimum atomic E-state index is -0.237. The summed E-state index contributed by atoms with van der Waals surface area (Å²) in [5.74, 6) is -0.247. The van der Waals surface area contributed by atoms with E-state index in [-0.39, 0.29) is 24.0 Å². The Bertz CT molecular complexity index is 1050. The van der Waals surface area contributed by atoms with Crippen molar-refractivity contribution in [3.63, 3.8) is 0 Å².